The molecule has 6 nitrogen and oxygen atoms in total. The summed E-state index contributed by atoms with van der Waals surface area (Å²) in [6.07, 6.45) is 4.70. The van der Waals surface area contributed by atoms with Gasteiger partial charge in [-0.15, -0.1) is 0 Å². The van der Waals surface area contributed by atoms with Gasteiger partial charge in [-0.2, -0.15) is 5.10 Å². The summed E-state index contributed by atoms with van der Waals surface area (Å²) < 4.78 is 22.7. The third kappa shape index (κ3) is 5.43. The van der Waals surface area contributed by atoms with Gasteiger partial charge in [-0.3, -0.25) is 5.01 Å². The van der Waals surface area contributed by atoms with Crippen molar-refractivity contribution in [1.29, 1.82) is 0 Å². The third-order valence-corrected chi connectivity index (χ3v) is 6.64. The summed E-state index contributed by atoms with van der Waals surface area (Å²) in [5, 5.41) is 7.12. The van der Waals surface area contributed by atoms with Crippen molar-refractivity contribution in [3.63, 3.8) is 0 Å². The number of hydrogen-bond acceptors (Lipinski definition) is 6. The van der Waals surface area contributed by atoms with Gasteiger partial charge in [-0.25, -0.2) is 0 Å². The van der Waals surface area contributed by atoms with Gasteiger partial charge < -0.3 is 18.9 Å². The van der Waals surface area contributed by atoms with E-state index < -0.39 is 0 Å². The lowest BCUT2D eigenvalue weighted by molar-refractivity contribution is 0.379. The monoisotopic (exact) mass is 500 g/mol. The number of ether oxygens (including phenoxy) is 4. The van der Waals surface area contributed by atoms with Crippen LogP contribution in [0.1, 0.15) is 49.9 Å². The Bertz CT molecular complexity index is 1250. The van der Waals surface area contributed by atoms with Crippen LogP contribution in [0.15, 0.2) is 71.8 Å². The summed E-state index contributed by atoms with van der Waals surface area (Å²) in [6, 6.07) is 20.1. The van der Waals surface area contributed by atoms with Gasteiger partial charge in [0.15, 0.2) is 0 Å². The SMILES string of the molecule is COc1cccc(OC)c1C=CC1=NN(c2ccc(C(C)(C)C)cc2)C(c2c(OC)cccc2OC)C1. The molecule has 6 heteroatoms. The molecule has 0 spiro atoms. The zero-order chi connectivity index (χ0) is 26.6. The van der Waals surface area contributed by atoms with Crippen molar-refractivity contribution in [2.45, 2.75) is 38.6 Å². The van der Waals surface area contributed by atoms with Gasteiger partial charge in [0, 0.05) is 6.42 Å². The van der Waals surface area contributed by atoms with E-state index in [9.17, 15) is 0 Å². The zero-order valence-electron chi connectivity index (χ0n) is 22.7. The largest absolute Gasteiger partial charge is 0.496 e. The lowest BCUT2D eigenvalue weighted by Crippen LogP contribution is -2.20. The molecule has 0 N–H and O–H groups in total. The molecule has 37 heavy (non-hydrogen) atoms. The molecule has 0 aromatic heterocycles. The first-order chi connectivity index (χ1) is 17.8. The summed E-state index contributed by atoms with van der Waals surface area (Å²) in [6.45, 7) is 6.65. The molecule has 3 aromatic rings. The Hall–Kier alpha value is -3.93. The molecule has 0 aliphatic carbocycles. The van der Waals surface area contributed by atoms with Gasteiger partial charge in [0.2, 0.25) is 0 Å². The number of allylic oxidation sites excluding steroid dienone is 1. The molecule has 4 rings (SSSR count). The minimum absolute atomic E-state index is 0.0692. The predicted molar refractivity (Wildman–Crippen MR) is 151 cm³/mol. The fourth-order valence-electron chi connectivity index (χ4n) is 4.64. The molecule has 1 aliphatic heterocycles. The van der Waals surface area contributed by atoms with E-state index in [0.717, 1.165) is 45.5 Å². The van der Waals surface area contributed by atoms with Crippen molar-refractivity contribution < 1.29 is 18.9 Å². The predicted octanol–water partition coefficient (Wildman–Crippen LogP) is 7.04. The van der Waals surface area contributed by atoms with Crippen LogP contribution in [0, 0.1) is 0 Å². The van der Waals surface area contributed by atoms with Gasteiger partial charge in [0.05, 0.1) is 57.0 Å². The van der Waals surface area contributed by atoms with E-state index in [1.54, 1.807) is 28.4 Å². The highest BCUT2D eigenvalue weighted by atomic mass is 16.5. The Morgan fingerprint density at radius 1 is 0.730 bits per heavy atom. The fraction of sp³-hybridized carbons (Fsp3) is 0.323. The zero-order valence-corrected chi connectivity index (χ0v) is 22.7. The second-order valence-electron chi connectivity index (χ2n) is 9.94. The van der Waals surface area contributed by atoms with E-state index in [0.29, 0.717) is 6.42 Å². The maximum atomic E-state index is 5.76. The molecule has 3 aromatic carbocycles. The highest BCUT2D eigenvalue weighted by molar-refractivity contribution is 6.01. The summed E-state index contributed by atoms with van der Waals surface area (Å²) in [5.41, 5.74) is 5.10. The Morgan fingerprint density at radius 2 is 1.24 bits per heavy atom. The first-order valence-corrected chi connectivity index (χ1v) is 12.4. The van der Waals surface area contributed by atoms with Crippen molar-refractivity contribution in [2.24, 2.45) is 5.10 Å². The smallest absolute Gasteiger partial charge is 0.129 e. The molecular weight excluding hydrogens is 464 g/mol. The van der Waals surface area contributed by atoms with Gasteiger partial charge in [-0.05, 0) is 59.5 Å². The van der Waals surface area contributed by atoms with E-state index in [1.807, 2.05) is 48.6 Å². The molecule has 1 unspecified atom stereocenters. The van der Waals surface area contributed by atoms with Crippen LogP contribution in [0.5, 0.6) is 23.0 Å². The van der Waals surface area contributed by atoms with Crippen molar-refractivity contribution in [1.82, 2.24) is 0 Å². The minimum Gasteiger partial charge on any atom is -0.496 e. The second kappa shape index (κ2) is 11.0. The summed E-state index contributed by atoms with van der Waals surface area (Å²) in [5.74, 6) is 3.03. The number of methoxy groups -OCH3 is 4. The maximum absolute atomic E-state index is 5.76. The molecule has 0 radical (unpaired) electrons. The minimum atomic E-state index is -0.106. The van der Waals surface area contributed by atoms with Crippen LogP contribution in [0.4, 0.5) is 5.69 Å². The van der Waals surface area contributed by atoms with Crippen molar-refractivity contribution in [3.8, 4) is 23.0 Å². The number of hydrazone groups is 1. The molecule has 1 atom stereocenters. The summed E-state index contributed by atoms with van der Waals surface area (Å²) in [7, 11) is 6.69. The summed E-state index contributed by atoms with van der Waals surface area (Å²) >= 11 is 0. The normalized spacial score (nSPS) is 15.6. The average molecular weight is 501 g/mol. The van der Waals surface area contributed by atoms with Gasteiger partial charge in [-0.1, -0.05) is 45.0 Å². The molecule has 1 aliphatic rings. The molecular formula is C31H36N2O4. The number of hydrogen-bond donors (Lipinski definition) is 0. The van der Waals surface area contributed by atoms with Gasteiger partial charge in [0.25, 0.3) is 0 Å². The first kappa shape index (κ1) is 26.1. The average Bonchev–Trinajstić information content (AvgIpc) is 3.34. The van der Waals surface area contributed by atoms with Crippen LogP contribution in [0.2, 0.25) is 0 Å². The standard InChI is InChI=1S/C31H36N2O4/c1-31(2,3)21-14-17-23(18-15-21)33-25(30-28(36-6)12-9-13-29(30)37-7)20-22(32-33)16-19-24-26(34-4)10-8-11-27(24)35-5/h8-19,25H,20H2,1-7H3. The Morgan fingerprint density at radius 3 is 1.73 bits per heavy atom. The first-order valence-electron chi connectivity index (χ1n) is 12.4. The van der Waals surface area contributed by atoms with Crippen LogP contribution in [-0.2, 0) is 5.41 Å². The van der Waals surface area contributed by atoms with E-state index in [2.05, 4.69) is 50.0 Å². The molecule has 0 amide bonds. The van der Waals surface area contributed by atoms with Crippen LogP contribution < -0.4 is 24.0 Å². The Balaban J connectivity index is 1.78. The third-order valence-electron chi connectivity index (χ3n) is 6.64. The van der Waals surface area contributed by atoms with Crippen LogP contribution in [0.3, 0.4) is 0 Å². The topological polar surface area (TPSA) is 52.5 Å². The lowest BCUT2D eigenvalue weighted by Gasteiger charge is -2.27. The van der Waals surface area contributed by atoms with E-state index in [1.165, 1.54) is 5.56 Å². The van der Waals surface area contributed by atoms with Crippen molar-refractivity contribution in [3.05, 3.63) is 83.4 Å². The highest BCUT2D eigenvalue weighted by Gasteiger charge is 2.33. The highest BCUT2D eigenvalue weighted by Crippen LogP contribution is 2.44. The van der Waals surface area contributed by atoms with E-state index in [-0.39, 0.29) is 11.5 Å². The number of benzene rings is 3. The number of nitrogens with zero attached hydrogens (tertiary/aromatic N) is 2. The quantitative estimate of drug-likeness (QED) is 0.332. The summed E-state index contributed by atoms with van der Waals surface area (Å²) in [4.78, 5) is 0. The molecule has 0 saturated carbocycles. The number of anilines is 1. The van der Waals surface area contributed by atoms with Crippen molar-refractivity contribution in [2.75, 3.05) is 33.4 Å². The van der Waals surface area contributed by atoms with Crippen LogP contribution in [0.25, 0.3) is 6.08 Å². The fourth-order valence-corrected chi connectivity index (χ4v) is 4.64. The molecule has 194 valence electrons. The van der Waals surface area contributed by atoms with Gasteiger partial charge >= 0.3 is 0 Å². The van der Waals surface area contributed by atoms with Gasteiger partial charge in [0.1, 0.15) is 23.0 Å². The Labute approximate surface area is 220 Å². The van der Waals surface area contributed by atoms with E-state index >= 15 is 0 Å². The maximum Gasteiger partial charge on any atom is 0.129 e. The van der Waals surface area contributed by atoms with Crippen LogP contribution in [-0.4, -0.2) is 34.2 Å². The van der Waals surface area contributed by atoms with Crippen molar-refractivity contribution >= 4 is 17.5 Å². The van der Waals surface area contributed by atoms with E-state index in [4.69, 9.17) is 24.0 Å². The molecule has 0 saturated heterocycles. The molecule has 0 bridgehead atoms. The molecule has 0 fully saturated rings. The second-order valence-corrected chi connectivity index (χ2v) is 9.94. The van der Waals surface area contributed by atoms with Crippen LogP contribution >= 0.6 is 0 Å². The lowest BCUT2D eigenvalue weighted by atomic mass is 9.87. The number of rotatable bonds is 8. The molecule has 1 heterocycles. The Kier molecular flexibility index (Phi) is 7.77.